The van der Waals surface area contributed by atoms with Crippen molar-refractivity contribution in [2.75, 3.05) is 0 Å². The smallest absolute Gasteiger partial charge is 0.331 e. The molecule has 106 valence electrons. The molecule has 0 heterocycles. The maximum atomic E-state index is 14.0. The molecule has 0 bridgehead atoms. The Morgan fingerprint density at radius 2 is 1.90 bits per heavy atom. The molecule has 2 aliphatic carbocycles. The number of hydrogen-bond donors (Lipinski definition) is 1. The Bertz CT molecular complexity index is 568. The summed E-state index contributed by atoms with van der Waals surface area (Å²) in [5.41, 5.74) is 2.98. The Kier molecular flexibility index (Phi) is 3.60. The summed E-state index contributed by atoms with van der Waals surface area (Å²) in [6.07, 6.45) is 6.53. The van der Waals surface area contributed by atoms with Crippen LogP contribution >= 0.6 is 0 Å². The summed E-state index contributed by atoms with van der Waals surface area (Å²) in [5, 5.41) is 9.48. The van der Waals surface area contributed by atoms with Gasteiger partial charge in [-0.2, -0.15) is 0 Å². The number of fused-ring (bicyclic) bond motifs is 1. The summed E-state index contributed by atoms with van der Waals surface area (Å²) in [6, 6.07) is 5.06. The fraction of sp³-hybridized carbons (Fsp3) is 0.471. The van der Waals surface area contributed by atoms with Crippen LogP contribution in [0.5, 0.6) is 0 Å². The summed E-state index contributed by atoms with van der Waals surface area (Å²) in [6.45, 7) is 0. The van der Waals surface area contributed by atoms with Crippen LogP contribution in [0.25, 0.3) is 5.57 Å². The van der Waals surface area contributed by atoms with Crippen molar-refractivity contribution in [3.05, 3.63) is 40.7 Å². The van der Waals surface area contributed by atoms with E-state index in [1.807, 2.05) is 6.07 Å². The van der Waals surface area contributed by atoms with Crippen LogP contribution < -0.4 is 0 Å². The standard InChI is InChI=1S/C17H19FO2/c18-15-8-4-7-13-12(15)9-10-14(17(19)20)16(13)11-5-2-1-3-6-11/h4,7-8,11H,1-3,5-6,9-10H2,(H,19,20). The highest BCUT2D eigenvalue weighted by Crippen LogP contribution is 2.42. The average Bonchev–Trinajstić information content (AvgIpc) is 2.47. The zero-order valence-corrected chi connectivity index (χ0v) is 11.5. The molecule has 0 saturated heterocycles. The van der Waals surface area contributed by atoms with E-state index in [9.17, 15) is 14.3 Å². The Morgan fingerprint density at radius 1 is 1.15 bits per heavy atom. The fourth-order valence-corrected chi connectivity index (χ4v) is 3.69. The van der Waals surface area contributed by atoms with Crippen LogP contribution in [0.1, 0.15) is 49.7 Å². The van der Waals surface area contributed by atoms with Gasteiger partial charge in [-0.05, 0) is 54.4 Å². The lowest BCUT2D eigenvalue weighted by Crippen LogP contribution is -2.19. The van der Waals surface area contributed by atoms with Crippen molar-refractivity contribution < 1.29 is 14.3 Å². The van der Waals surface area contributed by atoms with E-state index in [1.54, 1.807) is 6.07 Å². The molecule has 2 nitrogen and oxygen atoms in total. The number of carboxylic acids is 1. The third-order valence-corrected chi connectivity index (χ3v) is 4.63. The molecule has 1 aromatic rings. The van der Waals surface area contributed by atoms with Crippen LogP contribution in [-0.2, 0) is 11.2 Å². The predicted molar refractivity (Wildman–Crippen MR) is 75.9 cm³/mol. The van der Waals surface area contributed by atoms with Crippen LogP contribution in [0.2, 0.25) is 0 Å². The number of allylic oxidation sites excluding steroid dienone is 1. The molecule has 3 heteroatoms. The lowest BCUT2D eigenvalue weighted by molar-refractivity contribution is -0.132. The van der Waals surface area contributed by atoms with E-state index in [0.29, 0.717) is 24.0 Å². The lowest BCUT2D eigenvalue weighted by atomic mass is 9.74. The maximum Gasteiger partial charge on any atom is 0.331 e. The third-order valence-electron chi connectivity index (χ3n) is 4.63. The molecule has 0 spiro atoms. The molecular formula is C17H19FO2. The van der Waals surface area contributed by atoms with E-state index in [2.05, 4.69) is 0 Å². The molecule has 0 atom stereocenters. The van der Waals surface area contributed by atoms with Crippen molar-refractivity contribution >= 4 is 11.5 Å². The van der Waals surface area contributed by atoms with Crippen molar-refractivity contribution in [3.63, 3.8) is 0 Å². The lowest BCUT2D eigenvalue weighted by Gasteiger charge is -2.30. The van der Waals surface area contributed by atoms with Crippen LogP contribution in [-0.4, -0.2) is 11.1 Å². The summed E-state index contributed by atoms with van der Waals surface area (Å²) in [4.78, 5) is 11.6. The second kappa shape index (κ2) is 5.39. The van der Waals surface area contributed by atoms with Gasteiger partial charge in [-0.1, -0.05) is 31.4 Å². The zero-order valence-electron chi connectivity index (χ0n) is 11.5. The average molecular weight is 274 g/mol. The van der Waals surface area contributed by atoms with Gasteiger partial charge in [0.1, 0.15) is 5.82 Å². The van der Waals surface area contributed by atoms with Crippen molar-refractivity contribution in [1.82, 2.24) is 0 Å². The van der Waals surface area contributed by atoms with E-state index < -0.39 is 5.97 Å². The highest BCUT2D eigenvalue weighted by molar-refractivity contribution is 5.98. The highest BCUT2D eigenvalue weighted by atomic mass is 19.1. The molecule has 0 radical (unpaired) electrons. The normalized spacial score (nSPS) is 19.9. The largest absolute Gasteiger partial charge is 0.478 e. The molecule has 1 saturated carbocycles. The maximum absolute atomic E-state index is 14.0. The number of rotatable bonds is 2. The molecular weight excluding hydrogens is 255 g/mol. The van der Waals surface area contributed by atoms with Crippen molar-refractivity contribution in [3.8, 4) is 0 Å². The summed E-state index contributed by atoms with van der Waals surface area (Å²) in [5.74, 6) is -0.739. The van der Waals surface area contributed by atoms with Gasteiger partial charge in [0.25, 0.3) is 0 Å². The Labute approximate surface area is 118 Å². The first-order valence-electron chi connectivity index (χ1n) is 7.42. The summed E-state index contributed by atoms with van der Waals surface area (Å²) >= 11 is 0. The van der Waals surface area contributed by atoms with Gasteiger partial charge in [-0.15, -0.1) is 0 Å². The monoisotopic (exact) mass is 274 g/mol. The molecule has 0 amide bonds. The first-order chi connectivity index (χ1) is 9.68. The van der Waals surface area contributed by atoms with E-state index in [1.165, 1.54) is 12.5 Å². The first kappa shape index (κ1) is 13.3. The predicted octanol–water partition coefficient (Wildman–Crippen LogP) is 4.19. The molecule has 3 rings (SSSR count). The van der Waals surface area contributed by atoms with Gasteiger partial charge in [0.15, 0.2) is 0 Å². The molecule has 20 heavy (non-hydrogen) atoms. The Morgan fingerprint density at radius 3 is 2.60 bits per heavy atom. The minimum absolute atomic E-state index is 0.194. The van der Waals surface area contributed by atoms with Crippen molar-refractivity contribution in [2.24, 2.45) is 5.92 Å². The summed E-state index contributed by atoms with van der Waals surface area (Å²) < 4.78 is 14.0. The topological polar surface area (TPSA) is 37.3 Å². The second-order valence-electron chi connectivity index (χ2n) is 5.80. The van der Waals surface area contributed by atoms with Gasteiger partial charge in [-0.3, -0.25) is 0 Å². The highest BCUT2D eigenvalue weighted by Gasteiger charge is 2.30. The Balaban J connectivity index is 2.12. The van der Waals surface area contributed by atoms with Crippen molar-refractivity contribution in [2.45, 2.75) is 44.9 Å². The molecule has 1 aromatic carbocycles. The quantitative estimate of drug-likeness (QED) is 0.878. The Hall–Kier alpha value is -1.64. The van der Waals surface area contributed by atoms with Gasteiger partial charge in [0, 0.05) is 5.57 Å². The molecule has 0 unspecified atom stereocenters. The minimum atomic E-state index is -0.833. The zero-order chi connectivity index (χ0) is 14.1. The number of aliphatic carboxylic acids is 1. The third kappa shape index (κ3) is 2.26. The van der Waals surface area contributed by atoms with Gasteiger partial charge >= 0.3 is 5.97 Å². The number of carboxylic acid groups (broad SMARTS) is 1. The first-order valence-corrected chi connectivity index (χ1v) is 7.42. The molecule has 0 aromatic heterocycles. The van der Waals surface area contributed by atoms with Gasteiger partial charge in [0.2, 0.25) is 0 Å². The number of hydrogen-bond acceptors (Lipinski definition) is 1. The molecule has 2 aliphatic rings. The molecule has 1 fully saturated rings. The number of carbonyl (C=O) groups is 1. The van der Waals surface area contributed by atoms with Crippen LogP contribution in [0.4, 0.5) is 4.39 Å². The molecule has 1 N–H and O–H groups in total. The summed E-state index contributed by atoms with van der Waals surface area (Å²) in [7, 11) is 0. The molecule has 0 aliphatic heterocycles. The second-order valence-corrected chi connectivity index (χ2v) is 5.80. The van der Waals surface area contributed by atoms with E-state index in [4.69, 9.17) is 0 Å². The number of benzene rings is 1. The van der Waals surface area contributed by atoms with Gasteiger partial charge < -0.3 is 5.11 Å². The van der Waals surface area contributed by atoms with E-state index >= 15 is 0 Å². The van der Waals surface area contributed by atoms with Crippen molar-refractivity contribution in [1.29, 1.82) is 0 Å². The van der Waals surface area contributed by atoms with Crippen LogP contribution in [0.3, 0.4) is 0 Å². The van der Waals surface area contributed by atoms with E-state index in [0.717, 1.165) is 36.8 Å². The van der Waals surface area contributed by atoms with Crippen LogP contribution in [0.15, 0.2) is 23.8 Å². The minimum Gasteiger partial charge on any atom is -0.478 e. The fourth-order valence-electron chi connectivity index (χ4n) is 3.69. The van der Waals surface area contributed by atoms with Crippen LogP contribution in [0, 0.1) is 11.7 Å². The SMILES string of the molecule is O=C(O)C1=C(C2CCCCC2)c2cccc(F)c2CC1. The van der Waals surface area contributed by atoms with Gasteiger partial charge in [0.05, 0.1) is 0 Å². The van der Waals surface area contributed by atoms with Gasteiger partial charge in [-0.25, -0.2) is 9.18 Å². The number of halogens is 1. The van der Waals surface area contributed by atoms with E-state index in [-0.39, 0.29) is 11.7 Å².